The molecule has 0 amide bonds. The van der Waals surface area contributed by atoms with Crippen molar-refractivity contribution < 1.29 is 17.2 Å². The monoisotopic (exact) mass is 281 g/mol. The molecule has 1 aliphatic heterocycles. The smallest absolute Gasteiger partial charge is 0.384 e. The zero-order valence-electron chi connectivity index (χ0n) is 10.5. The summed E-state index contributed by atoms with van der Waals surface area (Å²) in [7, 11) is -3.29. The molecule has 6 heteroatoms. The summed E-state index contributed by atoms with van der Waals surface area (Å²) in [6, 6.07) is 13.0. The van der Waals surface area contributed by atoms with Gasteiger partial charge in [0.2, 0.25) is 0 Å². The minimum absolute atomic E-state index is 0.870. The second-order valence-electron chi connectivity index (χ2n) is 4.08. The van der Waals surface area contributed by atoms with Crippen molar-refractivity contribution in [2.45, 2.75) is 6.42 Å². The van der Waals surface area contributed by atoms with Gasteiger partial charge in [0.25, 0.3) is 0 Å². The van der Waals surface area contributed by atoms with Crippen LogP contribution in [0.2, 0.25) is 0 Å². The van der Waals surface area contributed by atoms with Gasteiger partial charge in [0.1, 0.15) is 0 Å². The van der Waals surface area contributed by atoms with Gasteiger partial charge in [0.15, 0.2) is 0 Å². The lowest BCUT2D eigenvalue weighted by Gasteiger charge is -2.03. The zero-order chi connectivity index (χ0) is 13.9. The van der Waals surface area contributed by atoms with Crippen LogP contribution in [0.1, 0.15) is 5.56 Å². The fourth-order valence-corrected chi connectivity index (χ4v) is 2.09. The summed E-state index contributed by atoms with van der Waals surface area (Å²) in [6.45, 7) is 1.09. The van der Waals surface area contributed by atoms with Gasteiger partial charge in [-0.05, 0) is 28.8 Å². The largest absolute Gasteiger partial charge is 0.397 e. The summed E-state index contributed by atoms with van der Waals surface area (Å²) in [5.41, 5.74) is 2.80. The Morgan fingerprint density at radius 2 is 1.89 bits per heavy atom. The highest BCUT2D eigenvalue weighted by Crippen LogP contribution is 2.29. The first-order valence-electron chi connectivity index (χ1n) is 5.79. The van der Waals surface area contributed by atoms with E-state index < -0.39 is 10.4 Å². The van der Waals surface area contributed by atoms with E-state index in [0.717, 1.165) is 20.1 Å². The van der Waals surface area contributed by atoms with Gasteiger partial charge in [0.05, 0.1) is 7.11 Å². The summed E-state index contributed by atoms with van der Waals surface area (Å²) >= 11 is 0. The maximum Gasteiger partial charge on any atom is 0.397 e. The van der Waals surface area contributed by atoms with E-state index in [1.165, 1.54) is 22.0 Å². The maximum absolute atomic E-state index is 9.33. The first-order valence-corrected chi connectivity index (χ1v) is 7.15. The van der Waals surface area contributed by atoms with Crippen LogP contribution in [0, 0.1) is 0 Å². The number of fused-ring (bicyclic) bond motifs is 3. The molecule has 3 rings (SSSR count). The number of anilines is 1. The van der Waals surface area contributed by atoms with Gasteiger partial charge in [-0.2, -0.15) is 8.42 Å². The van der Waals surface area contributed by atoms with Gasteiger partial charge >= 0.3 is 10.4 Å². The van der Waals surface area contributed by atoms with E-state index in [0.29, 0.717) is 0 Å². The van der Waals surface area contributed by atoms with Crippen LogP contribution in [-0.2, 0) is 21.0 Å². The normalized spacial score (nSPS) is 13.4. The van der Waals surface area contributed by atoms with Crippen molar-refractivity contribution in [3.8, 4) is 0 Å². The second-order valence-corrected chi connectivity index (χ2v) is 5.27. The van der Waals surface area contributed by atoms with Gasteiger partial charge in [-0.1, -0.05) is 30.3 Å². The molecule has 0 radical (unpaired) electrons. The molecule has 0 saturated heterocycles. The van der Waals surface area contributed by atoms with Gasteiger partial charge in [0, 0.05) is 12.2 Å². The van der Waals surface area contributed by atoms with Crippen molar-refractivity contribution >= 4 is 26.9 Å². The first-order chi connectivity index (χ1) is 9.01. The van der Waals surface area contributed by atoms with Crippen LogP contribution in [0.3, 0.4) is 0 Å². The summed E-state index contributed by atoms with van der Waals surface area (Å²) in [5, 5.41) is 6.15. The Bertz CT molecular complexity index is 682. The zero-order valence-corrected chi connectivity index (χ0v) is 11.3. The average molecular weight is 281 g/mol. The molecule has 2 aromatic rings. The van der Waals surface area contributed by atoms with Crippen LogP contribution in [0.15, 0.2) is 36.4 Å². The Morgan fingerprint density at radius 3 is 2.58 bits per heavy atom. The van der Waals surface area contributed by atoms with Crippen LogP contribution in [0.4, 0.5) is 5.69 Å². The minimum Gasteiger partial charge on any atom is -0.384 e. The van der Waals surface area contributed by atoms with Crippen molar-refractivity contribution in [2.75, 3.05) is 19.0 Å². The summed E-state index contributed by atoms with van der Waals surface area (Å²) in [5.74, 6) is 0. The molecule has 0 saturated carbocycles. The quantitative estimate of drug-likeness (QED) is 0.784. The van der Waals surface area contributed by atoms with Crippen LogP contribution in [0.5, 0.6) is 0 Å². The minimum atomic E-state index is -4.16. The van der Waals surface area contributed by atoms with Crippen LogP contribution >= 0.6 is 0 Å². The lowest BCUT2D eigenvalue weighted by molar-refractivity contribution is 0.324. The topological polar surface area (TPSA) is 75.6 Å². The second kappa shape index (κ2) is 5.56. The molecule has 0 aliphatic carbocycles. The number of nitrogens with one attached hydrogen (secondary N) is 1. The van der Waals surface area contributed by atoms with E-state index >= 15 is 0 Å². The van der Waals surface area contributed by atoms with Gasteiger partial charge in [-0.25, -0.2) is 0 Å². The molecule has 19 heavy (non-hydrogen) atoms. The predicted octanol–water partition coefficient (Wildman–Crippen LogP) is 2.24. The number of benzene rings is 2. The van der Waals surface area contributed by atoms with E-state index in [4.69, 9.17) is 4.55 Å². The third-order valence-corrected chi connectivity index (χ3v) is 3.36. The Labute approximate surface area is 112 Å². The lowest BCUT2D eigenvalue weighted by atomic mass is 10.0. The molecule has 102 valence electrons. The van der Waals surface area contributed by atoms with Crippen LogP contribution in [-0.4, -0.2) is 26.6 Å². The highest BCUT2D eigenvalue weighted by Gasteiger charge is 2.11. The molecule has 0 bridgehead atoms. The molecule has 1 aliphatic rings. The number of rotatable bonds is 1. The van der Waals surface area contributed by atoms with Crippen molar-refractivity contribution in [1.82, 2.24) is 0 Å². The fourth-order valence-electron chi connectivity index (χ4n) is 2.09. The van der Waals surface area contributed by atoms with Gasteiger partial charge in [-0.15, -0.1) is 0 Å². The first kappa shape index (κ1) is 13.8. The molecule has 1 heterocycles. The Balaban J connectivity index is 0.000000192. The third-order valence-electron chi connectivity index (χ3n) is 2.94. The summed E-state index contributed by atoms with van der Waals surface area (Å²) in [6.07, 6.45) is 1.16. The van der Waals surface area contributed by atoms with E-state index in [9.17, 15) is 8.42 Å². The van der Waals surface area contributed by atoms with Crippen LogP contribution in [0.25, 0.3) is 10.8 Å². The van der Waals surface area contributed by atoms with Crippen molar-refractivity contribution in [3.05, 3.63) is 42.0 Å². The summed E-state index contributed by atoms with van der Waals surface area (Å²) < 4.78 is 29.7. The van der Waals surface area contributed by atoms with Crippen molar-refractivity contribution in [1.29, 1.82) is 0 Å². The van der Waals surface area contributed by atoms with Crippen molar-refractivity contribution in [2.24, 2.45) is 0 Å². The highest BCUT2D eigenvalue weighted by molar-refractivity contribution is 7.80. The van der Waals surface area contributed by atoms with E-state index in [1.54, 1.807) is 0 Å². The third kappa shape index (κ3) is 3.44. The predicted molar refractivity (Wildman–Crippen MR) is 74.7 cm³/mol. The Morgan fingerprint density at radius 1 is 1.21 bits per heavy atom. The molecule has 2 N–H and O–H groups in total. The van der Waals surface area contributed by atoms with E-state index in [2.05, 4.69) is 45.9 Å². The Hall–Kier alpha value is -1.63. The molecular weight excluding hydrogens is 266 g/mol. The molecular formula is C13H15NO4S. The Kier molecular flexibility index (Phi) is 4.04. The molecule has 2 aromatic carbocycles. The summed E-state index contributed by atoms with van der Waals surface area (Å²) in [4.78, 5) is 0. The molecule has 0 spiro atoms. The molecule has 0 unspecified atom stereocenters. The number of hydrogen-bond acceptors (Lipinski definition) is 4. The van der Waals surface area contributed by atoms with E-state index in [-0.39, 0.29) is 0 Å². The van der Waals surface area contributed by atoms with E-state index in [1.807, 2.05) is 0 Å². The lowest BCUT2D eigenvalue weighted by Crippen LogP contribution is -1.96. The van der Waals surface area contributed by atoms with Crippen molar-refractivity contribution in [3.63, 3.8) is 0 Å². The molecule has 0 atom stereocenters. The maximum atomic E-state index is 9.33. The molecule has 0 fully saturated rings. The SMILES string of the molecule is COS(=O)(=O)O.c1ccc2c3c(ccc2c1)NCC3. The van der Waals surface area contributed by atoms with Crippen LogP contribution < -0.4 is 5.32 Å². The average Bonchev–Trinajstić information content (AvgIpc) is 2.87. The highest BCUT2D eigenvalue weighted by atomic mass is 32.3. The van der Waals surface area contributed by atoms with Gasteiger partial charge < -0.3 is 5.32 Å². The molecule has 5 nitrogen and oxygen atoms in total. The standard InChI is InChI=1S/C12H11N.CH4O4S/c1-2-4-10-9(3-1)5-6-12-11(10)7-8-13-12;1-5-6(2,3)4/h1-6,13H,7-8H2;1H3,(H,2,3,4). The number of hydrogen-bond donors (Lipinski definition) is 2. The fraction of sp³-hybridized carbons (Fsp3) is 0.231. The molecule has 0 aromatic heterocycles. The van der Waals surface area contributed by atoms with Gasteiger partial charge in [-0.3, -0.25) is 8.74 Å².